The first kappa shape index (κ1) is 17.5. The summed E-state index contributed by atoms with van der Waals surface area (Å²) in [7, 11) is 0. The van der Waals surface area contributed by atoms with Gasteiger partial charge in [-0.25, -0.2) is 4.98 Å². The number of oxazole rings is 1. The third-order valence-corrected chi connectivity index (χ3v) is 5.25. The van der Waals surface area contributed by atoms with Crippen molar-refractivity contribution in [2.24, 2.45) is 0 Å². The minimum atomic E-state index is -0.0704. The summed E-state index contributed by atoms with van der Waals surface area (Å²) in [5, 5.41) is 6.89. The van der Waals surface area contributed by atoms with Crippen LogP contribution in [0.15, 0.2) is 76.2 Å². The lowest BCUT2D eigenvalue weighted by molar-refractivity contribution is 0.592. The van der Waals surface area contributed by atoms with Gasteiger partial charge >= 0.3 is 0 Å². The third kappa shape index (κ3) is 3.71. The molecule has 1 aliphatic carbocycles. The van der Waals surface area contributed by atoms with E-state index in [0.717, 1.165) is 41.9 Å². The Morgan fingerprint density at radius 2 is 1.79 bits per heavy atom. The van der Waals surface area contributed by atoms with Crippen LogP contribution in [0.1, 0.15) is 19.3 Å². The fourth-order valence-corrected chi connectivity index (χ4v) is 3.82. The SMILES string of the molecule is O=c1ccccn1-c1ccc(N[C@H]2CC[C@H](Nc3nc4ccccc4o3)C2)nc1. The molecule has 2 atom stereocenters. The molecule has 5 rings (SSSR count). The van der Waals surface area contributed by atoms with Crippen molar-refractivity contribution in [3.05, 3.63) is 77.3 Å². The van der Waals surface area contributed by atoms with E-state index in [1.165, 1.54) is 6.07 Å². The first-order valence-electron chi connectivity index (χ1n) is 9.77. The maximum Gasteiger partial charge on any atom is 0.295 e. The summed E-state index contributed by atoms with van der Waals surface area (Å²) < 4.78 is 7.34. The molecule has 4 aromatic rings. The van der Waals surface area contributed by atoms with E-state index in [-0.39, 0.29) is 5.56 Å². The first-order valence-corrected chi connectivity index (χ1v) is 9.77. The molecule has 0 unspecified atom stereocenters. The van der Waals surface area contributed by atoms with Gasteiger partial charge in [-0.05, 0) is 49.6 Å². The lowest BCUT2D eigenvalue weighted by Crippen LogP contribution is -2.21. The van der Waals surface area contributed by atoms with Crippen LogP contribution in [0.5, 0.6) is 0 Å². The maximum absolute atomic E-state index is 11.9. The van der Waals surface area contributed by atoms with Gasteiger partial charge < -0.3 is 15.1 Å². The summed E-state index contributed by atoms with van der Waals surface area (Å²) in [6.07, 6.45) is 6.49. The minimum absolute atomic E-state index is 0.0704. The molecule has 2 N–H and O–H groups in total. The van der Waals surface area contributed by atoms with E-state index in [1.807, 2.05) is 42.5 Å². The topological polar surface area (TPSA) is 85.0 Å². The monoisotopic (exact) mass is 387 g/mol. The lowest BCUT2D eigenvalue weighted by atomic mass is 10.2. The summed E-state index contributed by atoms with van der Waals surface area (Å²) in [6.45, 7) is 0. The van der Waals surface area contributed by atoms with E-state index in [4.69, 9.17) is 4.42 Å². The number of nitrogens with zero attached hydrogens (tertiary/aromatic N) is 3. The number of fused-ring (bicyclic) bond motifs is 1. The van der Waals surface area contributed by atoms with Crippen molar-refractivity contribution in [2.75, 3.05) is 10.6 Å². The van der Waals surface area contributed by atoms with Gasteiger partial charge in [0.15, 0.2) is 5.58 Å². The molecule has 1 aliphatic rings. The van der Waals surface area contributed by atoms with Gasteiger partial charge in [0, 0.05) is 24.3 Å². The van der Waals surface area contributed by atoms with Crippen LogP contribution in [-0.2, 0) is 0 Å². The second kappa shape index (κ2) is 7.43. The van der Waals surface area contributed by atoms with Crippen LogP contribution in [0.4, 0.5) is 11.8 Å². The van der Waals surface area contributed by atoms with Crippen molar-refractivity contribution >= 4 is 22.9 Å². The van der Waals surface area contributed by atoms with Crippen LogP contribution < -0.4 is 16.2 Å². The largest absolute Gasteiger partial charge is 0.424 e. The van der Waals surface area contributed by atoms with Crippen molar-refractivity contribution in [1.29, 1.82) is 0 Å². The number of anilines is 2. The van der Waals surface area contributed by atoms with E-state index in [1.54, 1.807) is 23.0 Å². The van der Waals surface area contributed by atoms with Crippen molar-refractivity contribution in [3.8, 4) is 5.69 Å². The highest BCUT2D eigenvalue weighted by molar-refractivity contribution is 5.74. The third-order valence-electron chi connectivity index (χ3n) is 5.25. The summed E-state index contributed by atoms with van der Waals surface area (Å²) in [5.74, 6) is 0.810. The van der Waals surface area contributed by atoms with Crippen molar-refractivity contribution < 1.29 is 4.42 Å². The second-order valence-corrected chi connectivity index (χ2v) is 7.29. The highest BCUT2D eigenvalue weighted by Gasteiger charge is 2.26. The smallest absolute Gasteiger partial charge is 0.295 e. The van der Waals surface area contributed by atoms with Crippen LogP contribution in [-0.4, -0.2) is 26.6 Å². The highest BCUT2D eigenvalue weighted by Crippen LogP contribution is 2.27. The predicted octanol–water partition coefficient (Wildman–Crippen LogP) is 3.82. The number of aromatic nitrogens is 3. The molecule has 0 saturated heterocycles. The number of hydrogen-bond donors (Lipinski definition) is 2. The summed E-state index contributed by atoms with van der Waals surface area (Å²) in [4.78, 5) is 20.9. The minimum Gasteiger partial charge on any atom is -0.424 e. The number of rotatable bonds is 5. The predicted molar refractivity (Wildman–Crippen MR) is 113 cm³/mol. The zero-order chi connectivity index (χ0) is 19.6. The second-order valence-electron chi connectivity index (χ2n) is 7.29. The van der Waals surface area contributed by atoms with Gasteiger partial charge in [0.05, 0.1) is 11.9 Å². The fraction of sp³-hybridized carbons (Fsp3) is 0.227. The number of hydrogen-bond acceptors (Lipinski definition) is 6. The van der Waals surface area contributed by atoms with Crippen molar-refractivity contribution in [1.82, 2.24) is 14.5 Å². The normalized spacial score (nSPS) is 18.8. The standard InChI is InChI=1S/C22H21N5O2/c28-21-7-3-4-12-27(21)17-10-11-20(23-14-17)24-15-8-9-16(13-15)25-22-26-18-5-1-2-6-19(18)29-22/h1-7,10-12,14-16H,8-9,13H2,(H,23,24)(H,25,26)/t15-,16-/m0/s1. The number of benzene rings is 1. The van der Waals surface area contributed by atoms with E-state index in [2.05, 4.69) is 20.6 Å². The molecule has 1 saturated carbocycles. The van der Waals surface area contributed by atoms with E-state index >= 15 is 0 Å². The number of pyridine rings is 2. The molecule has 3 aromatic heterocycles. The average Bonchev–Trinajstić information content (AvgIpc) is 3.35. The summed E-state index contributed by atoms with van der Waals surface area (Å²) in [5.41, 5.74) is 2.34. The van der Waals surface area contributed by atoms with E-state index in [9.17, 15) is 4.79 Å². The lowest BCUT2D eigenvalue weighted by Gasteiger charge is -2.15. The Kier molecular flexibility index (Phi) is 4.48. The molecule has 0 spiro atoms. The molecular formula is C22H21N5O2. The van der Waals surface area contributed by atoms with Gasteiger partial charge in [-0.15, -0.1) is 0 Å². The molecule has 146 valence electrons. The van der Waals surface area contributed by atoms with Gasteiger partial charge in [-0.3, -0.25) is 9.36 Å². The van der Waals surface area contributed by atoms with Crippen molar-refractivity contribution in [3.63, 3.8) is 0 Å². The zero-order valence-corrected chi connectivity index (χ0v) is 15.8. The average molecular weight is 387 g/mol. The molecule has 29 heavy (non-hydrogen) atoms. The van der Waals surface area contributed by atoms with E-state index < -0.39 is 0 Å². The Labute approximate surface area is 167 Å². The fourth-order valence-electron chi connectivity index (χ4n) is 3.82. The Morgan fingerprint density at radius 3 is 2.59 bits per heavy atom. The van der Waals surface area contributed by atoms with Gasteiger partial charge in [-0.1, -0.05) is 18.2 Å². The van der Waals surface area contributed by atoms with Crippen LogP contribution in [0.25, 0.3) is 16.8 Å². The Balaban J connectivity index is 1.21. The maximum atomic E-state index is 11.9. The molecule has 0 aliphatic heterocycles. The molecule has 0 amide bonds. The molecule has 3 heterocycles. The molecule has 7 nitrogen and oxygen atoms in total. The van der Waals surface area contributed by atoms with Crippen LogP contribution in [0, 0.1) is 0 Å². The Morgan fingerprint density at radius 1 is 0.966 bits per heavy atom. The number of para-hydroxylation sites is 2. The first-order chi connectivity index (χ1) is 14.2. The molecule has 1 aromatic carbocycles. The van der Waals surface area contributed by atoms with Crippen LogP contribution in [0.2, 0.25) is 0 Å². The highest BCUT2D eigenvalue weighted by atomic mass is 16.4. The molecule has 0 bridgehead atoms. The quantitative estimate of drug-likeness (QED) is 0.542. The van der Waals surface area contributed by atoms with Gasteiger partial charge in [0.1, 0.15) is 11.3 Å². The molecule has 7 heteroatoms. The molecular weight excluding hydrogens is 366 g/mol. The Hall–Kier alpha value is -3.61. The number of nitrogens with one attached hydrogen (secondary N) is 2. The summed E-state index contributed by atoms with van der Waals surface area (Å²) >= 11 is 0. The zero-order valence-electron chi connectivity index (χ0n) is 15.8. The van der Waals surface area contributed by atoms with Gasteiger partial charge in [0.2, 0.25) is 0 Å². The van der Waals surface area contributed by atoms with Gasteiger partial charge in [0.25, 0.3) is 11.6 Å². The summed E-state index contributed by atoms with van der Waals surface area (Å²) in [6, 6.07) is 17.9. The van der Waals surface area contributed by atoms with Crippen LogP contribution in [0.3, 0.4) is 0 Å². The van der Waals surface area contributed by atoms with Crippen molar-refractivity contribution in [2.45, 2.75) is 31.3 Å². The molecule has 0 radical (unpaired) electrons. The van der Waals surface area contributed by atoms with Crippen LogP contribution >= 0.6 is 0 Å². The van der Waals surface area contributed by atoms with Gasteiger partial charge in [-0.2, -0.15) is 4.98 Å². The van der Waals surface area contributed by atoms with E-state index in [0.29, 0.717) is 18.1 Å². The Bertz CT molecular complexity index is 1150. The molecule has 1 fully saturated rings.